The van der Waals surface area contributed by atoms with Gasteiger partial charge < -0.3 is 4.74 Å². The normalized spacial score (nSPS) is 12.3. The first kappa shape index (κ1) is 19.3. The van der Waals surface area contributed by atoms with Gasteiger partial charge in [0.15, 0.2) is 10.9 Å². The second-order valence-corrected chi connectivity index (χ2v) is 7.05. The number of carbonyl (C=O) groups is 1. The van der Waals surface area contributed by atoms with Crippen LogP contribution in [0.25, 0.3) is 10.9 Å². The molecule has 0 fully saturated rings. The molecule has 5 nitrogen and oxygen atoms in total. The van der Waals surface area contributed by atoms with E-state index in [4.69, 9.17) is 4.74 Å². The number of rotatable bonds is 7. The van der Waals surface area contributed by atoms with Gasteiger partial charge in [0.25, 0.3) is 5.56 Å². The van der Waals surface area contributed by atoms with E-state index in [-0.39, 0.29) is 23.1 Å². The molecular formula is C20H19FN2O3S. The van der Waals surface area contributed by atoms with Gasteiger partial charge in [0.05, 0.1) is 29.3 Å². The number of nitrogens with zero attached hydrogens (tertiary/aromatic N) is 2. The second-order valence-electron chi connectivity index (χ2n) is 6.11. The van der Waals surface area contributed by atoms with Crippen molar-refractivity contribution in [2.24, 2.45) is 0 Å². The fraction of sp³-hybridized carbons (Fsp3) is 0.250. The molecule has 2 aromatic carbocycles. The standard InChI is InChI=1S/C20H19FN2O3S/c1-13(11-26-2)23-19(25)16-5-3-4-6-17(16)22-20(23)27-12-18(24)14-7-9-15(21)10-8-14/h3-10,13H,11-12H2,1-2H3. The minimum Gasteiger partial charge on any atom is -0.383 e. The van der Waals surface area contributed by atoms with E-state index in [9.17, 15) is 14.0 Å². The predicted octanol–water partition coefficient (Wildman–Crippen LogP) is 3.72. The third-order valence-corrected chi connectivity index (χ3v) is 5.08. The van der Waals surface area contributed by atoms with Gasteiger partial charge in [0, 0.05) is 12.7 Å². The first-order valence-corrected chi connectivity index (χ1v) is 9.41. The maximum atomic E-state index is 13.0. The zero-order chi connectivity index (χ0) is 19.4. The quantitative estimate of drug-likeness (QED) is 0.352. The first-order chi connectivity index (χ1) is 13.0. The van der Waals surface area contributed by atoms with Crippen molar-refractivity contribution in [3.05, 3.63) is 70.3 Å². The lowest BCUT2D eigenvalue weighted by atomic mass is 10.1. The van der Waals surface area contributed by atoms with E-state index in [0.29, 0.717) is 28.2 Å². The monoisotopic (exact) mass is 386 g/mol. The summed E-state index contributed by atoms with van der Waals surface area (Å²) in [7, 11) is 1.57. The number of ketones is 1. The summed E-state index contributed by atoms with van der Waals surface area (Å²) in [6, 6.07) is 12.3. The van der Waals surface area contributed by atoms with Crippen molar-refractivity contribution >= 4 is 28.4 Å². The highest BCUT2D eigenvalue weighted by Gasteiger charge is 2.18. The Labute approximate surface area is 160 Å². The Morgan fingerprint density at radius 2 is 1.93 bits per heavy atom. The lowest BCUT2D eigenvalue weighted by Gasteiger charge is -2.18. The van der Waals surface area contributed by atoms with Crippen LogP contribution in [-0.4, -0.2) is 34.8 Å². The molecule has 1 aromatic heterocycles. The van der Waals surface area contributed by atoms with Crippen molar-refractivity contribution in [2.75, 3.05) is 19.5 Å². The molecule has 1 heterocycles. The van der Waals surface area contributed by atoms with Crippen LogP contribution in [0.2, 0.25) is 0 Å². The molecule has 1 unspecified atom stereocenters. The van der Waals surface area contributed by atoms with E-state index in [1.54, 1.807) is 29.9 Å². The number of hydrogen-bond acceptors (Lipinski definition) is 5. The highest BCUT2D eigenvalue weighted by Crippen LogP contribution is 2.22. The number of Topliss-reactive ketones (excluding diaryl/α,β-unsaturated/α-hetero) is 1. The van der Waals surface area contributed by atoms with Crippen LogP contribution >= 0.6 is 11.8 Å². The summed E-state index contributed by atoms with van der Waals surface area (Å²) < 4.78 is 19.8. The number of ether oxygens (including phenoxy) is 1. The number of carbonyl (C=O) groups excluding carboxylic acids is 1. The molecule has 0 radical (unpaired) electrons. The zero-order valence-corrected chi connectivity index (χ0v) is 15.8. The van der Waals surface area contributed by atoms with Crippen LogP contribution < -0.4 is 5.56 Å². The fourth-order valence-corrected chi connectivity index (χ4v) is 3.77. The van der Waals surface area contributed by atoms with Gasteiger partial charge in [-0.1, -0.05) is 23.9 Å². The van der Waals surface area contributed by atoms with Crippen molar-refractivity contribution in [2.45, 2.75) is 18.1 Å². The number of para-hydroxylation sites is 1. The third kappa shape index (κ3) is 4.26. The minimum atomic E-state index is -0.391. The van der Waals surface area contributed by atoms with Crippen LogP contribution in [0.5, 0.6) is 0 Å². The van der Waals surface area contributed by atoms with Crippen molar-refractivity contribution in [1.29, 1.82) is 0 Å². The Hall–Kier alpha value is -2.51. The summed E-state index contributed by atoms with van der Waals surface area (Å²) in [6.45, 7) is 2.21. The zero-order valence-electron chi connectivity index (χ0n) is 15.0. The lowest BCUT2D eigenvalue weighted by Crippen LogP contribution is -2.28. The number of halogens is 1. The van der Waals surface area contributed by atoms with Crippen molar-refractivity contribution in [3.63, 3.8) is 0 Å². The second kappa shape index (κ2) is 8.45. The first-order valence-electron chi connectivity index (χ1n) is 8.43. The van der Waals surface area contributed by atoms with Crippen LogP contribution in [0.1, 0.15) is 23.3 Å². The summed E-state index contributed by atoms with van der Waals surface area (Å²) in [5.74, 6) is -0.457. The smallest absolute Gasteiger partial charge is 0.262 e. The molecule has 0 N–H and O–H groups in total. The summed E-state index contributed by atoms with van der Waals surface area (Å²) in [5.41, 5.74) is 0.838. The van der Waals surface area contributed by atoms with Gasteiger partial charge in [0.1, 0.15) is 5.82 Å². The number of thioether (sulfide) groups is 1. The van der Waals surface area contributed by atoms with Gasteiger partial charge in [-0.15, -0.1) is 0 Å². The number of benzene rings is 2. The molecule has 0 spiro atoms. The summed E-state index contributed by atoms with van der Waals surface area (Å²) in [6.07, 6.45) is 0. The number of methoxy groups -OCH3 is 1. The van der Waals surface area contributed by atoms with E-state index in [2.05, 4.69) is 4.98 Å². The summed E-state index contributed by atoms with van der Waals surface area (Å²) in [5, 5.41) is 0.980. The van der Waals surface area contributed by atoms with Gasteiger partial charge in [-0.3, -0.25) is 14.2 Å². The van der Waals surface area contributed by atoms with E-state index in [1.165, 1.54) is 36.0 Å². The average molecular weight is 386 g/mol. The fourth-order valence-electron chi connectivity index (χ4n) is 2.78. The molecular weight excluding hydrogens is 367 g/mol. The molecule has 0 aliphatic heterocycles. The topological polar surface area (TPSA) is 61.2 Å². The molecule has 27 heavy (non-hydrogen) atoms. The number of hydrogen-bond donors (Lipinski definition) is 0. The predicted molar refractivity (Wildman–Crippen MR) is 104 cm³/mol. The van der Waals surface area contributed by atoms with Crippen LogP contribution in [0.4, 0.5) is 4.39 Å². The van der Waals surface area contributed by atoms with Gasteiger partial charge in [-0.2, -0.15) is 0 Å². The summed E-state index contributed by atoms with van der Waals surface area (Å²) in [4.78, 5) is 29.9. The molecule has 0 amide bonds. The molecule has 3 rings (SSSR count). The van der Waals surface area contributed by atoms with Crippen LogP contribution in [0.15, 0.2) is 58.5 Å². The van der Waals surface area contributed by atoms with Crippen molar-refractivity contribution in [3.8, 4) is 0 Å². The molecule has 140 valence electrons. The Morgan fingerprint density at radius 3 is 2.63 bits per heavy atom. The van der Waals surface area contributed by atoms with Crippen molar-refractivity contribution < 1.29 is 13.9 Å². The van der Waals surface area contributed by atoms with Gasteiger partial charge >= 0.3 is 0 Å². The van der Waals surface area contributed by atoms with E-state index in [0.717, 1.165) is 0 Å². The maximum Gasteiger partial charge on any atom is 0.262 e. The molecule has 0 bridgehead atoms. The lowest BCUT2D eigenvalue weighted by molar-refractivity contribution is 0.102. The molecule has 0 aliphatic rings. The number of fused-ring (bicyclic) bond motifs is 1. The Bertz CT molecular complexity index is 1020. The van der Waals surface area contributed by atoms with Crippen LogP contribution in [0.3, 0.4) is 0 Å². The minimum absolute atomic E-state index is 0.0934. The van der Waals surface area contributed by atoms with E-state index in [1.807, 2.05) is 13.0 Å². The molecule has 0 aliphatic carbocycles. The van der Waals surface area contributed by atoms with Crippen molar-refractivity contribution in [1.82, 2.24) is 9.55 Å². The maximum absolute atomic E-state index is 13.0. The highest BCUT2D eigenvalue weighted by atomic mass is 32.2. The molecule has 0 saturated carbocycles. The van der Waals surface area contributed by atoms with Crippen LogP contribution in [0, 0.1) is 5.82 Å². The average Bonchev–Trinajstić information content (AvgIpc) is 2.67. The third-order valence-electron chi connectivity index (χ3n) is 4.12. The molecule has 7 heteroatoms. The molecule has 3 aromatic rings. The Morgan fingerprint density at radius 1 is 1.22 bits per heavy atom. The van der Waals surface area contributed by atoms with Gasteiger partial charge in [-0.25, -0.2) is 9.37 Å². The SMILES string of the molecule is COCC(C)n1c(SCC(=O)c2ccc(F)cc2)nc2ccccc2c1=O. The summed E-state index contributed by atoms with van der Waals surface area (Å²) >= 11 is 1.19. The molecule has 0 saturated heterocycles. The van der Waals surface area contributed by atoms with E-state index >= 15 is 0 Å². The van der Waals surface area contributed by atoms with Gasteiger partial charge in [-0.05, 0) is 43.3 Å². The highest BCUT2D eigenvalue weighted by molar-refractivity contribution is 7.99. The largest absolute Gasteiger partial charge is 0.383 e. The number of aromatic nitrogens is 2. The van der Waals surface area contributed by atoms with E-state index < -0.39 is 5.82 Å². The van der Waals surface area contributed by atoms with Gasteiger partial charge in [0.2, 0.25) is 0 Å². The Balaban J connectivity index is 1.94. The van der Waals surface area contributed by atoms with Crippen LogP contribution in [-0.2, 0) is 4.74 Å². The molecule has 1 atom stereocenters. The Kier molecular flexibility index (Phi) is 6.03.